The molecule has 30 heavy (non-hydrogen) atoms. The molecule has 7 heteroatoms. The van der Waals surface area contributed by atoms with Crippen LogP contribution in [0.2, 0.25) is 10.0 Å². The lowest BCUT2D eigenvalue weighted by Gasteiger charge is -2.22. The number of nitrogens with zero attached hydrogens (tertiary/aromatic N) is 1. The van der Waals surface area contributed by atoms with Crippen LogP contribution in [0.3, 0.4) is 0 Å². The van der Waals surface area contributed by atoms with Gasteiger partial charge in [0.25, 0.3) is 11.7 Å². The first kappa shape index (κ1) is 21.4. The summed E-state index contributed by atoms with van der Waals surface area (Å²) in [7, 11) is 0. The van der Waals surface area contributed by atoms with Gasteiger partial charge >= 0.3 is 0 Å². The van der Waals surface area contributed by atoms with Gasteiger partial charge in [0.15, 0.2) is 0 Å². The van der Waals surface area contributed by atoms with Crippen molar-refractivity contribution in [3.8, 4) is 5.75 Å². The van der Waals surface area contributed by atoms with Crippen LogP contribution in [0.1, 0.15) is 43.7 Å². The van der Waals surface area contributed by atoms with Gasteiger partial charge in [0.05, 0.1) is 47.7 Å². The van der Waals surface area contributed by atoms with Crippen LogP contribution in [0.4, 0.5) is 5.69 Å². The molecule has 0 unspecified atom stereocenters. The first-order valence-corrected chi connectivity index (χ1v) is 11.1. The van der Waals surface area contributed by atoms with Crippen LogP contribution >= 0.6 is 23.2 Å². The van der Waals surface area contributed by atoms with E-state index in [0.29, 0.717) is 47.7 Å². The van der Waals surface area contributed by atoms with Crippen molar-refractivity contribution in [1.29, 1.82) is 0 Å². The zero-order chi connectivity index (χ0) is 21.1. The summed E-state index contributed by atoms with van der Waals surface area (Å²) in [5.74, 6) is -0.983. The van der Waals surface area contributed by atoms with E-state index in [2.05, 4.69) is 6.92 Å². The number of carbonyl (C=O) groups excluding carboxylic acids is 1. The fraction of sp³-hybridized carbons (Fsp3) is 0.435. The topological polar surface area (TPSA) is 48.0 Å². The molecule has 1 spiro atoms. The maximum atomic E-state index is 13.3. The van der Waals surface area contributed by atoms with Crippen molar-refractivity contribution >= 4 is 34.8 Å². The van der Waals surface area contributed by atoms with Gasteiger partial charge in [-0.25, -0.2) is 0 Å². The first-order valence-electron chi connectivity index (χ1n) is 10.4. The van der Waals surface area contributed by atoms with Crippen molar-refractivity contribution in [1.82, 2.24) is 0 Å². The number of hydrogen-bond donors (Lipinski definition) is 0. The second-order valence-electron chi connectivity index (χ2n) is 7.51. The molecule has 0 aromatic heterocycles. The Morgan fingerprint density at radius 2 is 1.70 bits per heavy atom. The van der Waals surface area contributed by atoms with Gasteiger partial charge in [-0.1, -0.05) is 61.5 Å². The average molecular weight is 450 g/mol. The number of unbranched alkanes of at least 4 members (excludes halogenated alkanes) is 3. The number of anilines is 1. The van der Waals surface area contributed by atoms with Crippen molar-refractivity contribution in [2.75, 3.05) is 24.7 Å². The molecule has 2 heterocycles. The highest BCUT2D eigenvalue weighted by Crippen LogP contribution is 2.52. The third kappa shape index (κ3) is 3.92. The van der Waals surface area contributed by atoms with E-state index in [-0.39, 0.29) is 5.91 Å². The van der Waals surface area contributed by atoms with Crippen LogP contribution in [0.15, 0.2) is 36.4 Å². The molecule has 2 aromatic carbocycles. The zero-order valence-corrected chi connectivity index (χ0v) is 18.5. The molecule has 1 fully saturated rings. The minimum atomic E-state index is -1.50. The van der Waals surface area contributed by atoms with Crippen LogP contribution in [-0.2, 0) is 26.6 Å². The largest absolute Gasteiger partial charge is 0.494 e. The Kier molecular flexibility index (Phi) is 6.54. The van der Waals surface area contributed by atoms with E-state index in [0.717, 1.165) is 17.7 Å². The molecule has 5 nitrogen and oxygen atoms in total. The number of fused-ring (bicyclic) bond motifs is 2. The van der Waals surface area contributed by atoms with Crippen LogP contribution in [-0.4, -0.2) is 25.7 Å². The summed E-state index contributed by atoms with van der Waals surface area (Å²) in [6, 6.07) is 11.1. The molecule has 2 aromatic rings. The summed E-state index contributed by atoms with van der Waals surface area (Å²) in [4.78, 5) is 14.9. The maximum Gasteiger partial charge on any atom is 0.292 e. The smallest absolute Gasteiger partial charge is 0.292 e. The van der Waals surface area contributed by atoms with E-state index < -0.39 is 5.79 Å². The number of ether oxygens (including phenoxy) is 3. The quantitative estimate of drug-likeness (QED) is 0.485. The molecule has 0 N–H and O–H groups in total. The molecule has 0 aliphatic carbocycles. The van der Waals surface area contributed by atoms with E-state index in [1.54, 1.807) is 17.0 Å². The number of amides is 1. The van der Waals surface area contributed by atoms with E-state index in [4.69, 9.17) is 37.4 Å². The number of halogens is 2. The molecule has 2 aliphatic heterocycles. The van der Waals surface area contributed by atoms with Gasteiger partial charge in [0.1, 0.15) is 5.75 Å². The zero-order valence-electron chi connectivity index (χ0n) is 17.0. The van der Waals surface area contributed by atoms with Crippen molar-refractivity contribution in [3.05, 3.63) is 57.6 Å². The average Bonchev–Trinajstić information content (AvgIpc) is 3.33. The predicted molar refractivity (Wildman–Crippen MR) is 117 cm³/mol. The van der Waals surface area contributed by atoms with Crippen molar-refractivity contribution in [2.24, 2.45) is 0 Å². The Labute approximate surface area is 186 Å². The van der Waals surface area contributed by atoms with Crippen LogP contribution in [0.25, 0.3) is 0 Å². The van der Waals surface area contributed by atoms with Gasteiger partial charge in [-0.15, -0.1) is 0 Å². The highest BCUT2D eigenvalue weighted by molar-refractivity contribution is 6.38. The lowest BCUT2D eigenvalue weighted by atomic mass is 10.1. The van der Waals surface area contributed by atoms with Crippen LogP contribution < -0.4 is 9.64 Å². The molecule has 4 rings (SSSR count). The molecule has 1 amide bonds. The van der Waals surface area contributed by atoms with Gasteiger partial charge in [0.2, 0.25) is 0 Å². The standard InChI is InChI=1S/C23H25Cl2NO4/c1-2-3-4-5-12-28-17-8-6-16(7-9-17)15-26-21-19(25)11-10-18(24)20(21)23(22(26)27)29-13-14-30-23/h6-11H,2-5,12-15H2,1H3. The predicted octanol–water partition coefficient (Wildman–Crippen LogP) is 5.70. The molecule has 0 radical (unpaired) electrons. The third-order valence-corrected chi connectivity index (χ3v) is 6.05. The van der Waals surface area contributed by atoms with Gasteiger partial charge in [-0.3, -0.25) is 4.79 Å². The fourth-order valence-corrected chi connectivity index (χ4v) is 4.46. The van der Waals surface area contributed by atoms with Gasteiger partial charge in [-0.2, -0.15) is 0 Å². The Morgan fingerprint density at radius 3 is 2.40 bits per heavy atom. The van der Waals surface area contributed by atoms with E-state index in [1.165, 1.54) is 19.3 Å². The van der Waals surface area contributed by atoms with Crippen molar-refractivity contribution in [3.63, 3.8) is 0 Å². The summed E-state index contributed by atoms with van der Waals surface area (Å²) in [6.45, 7) is 3.88. The SMILES string of the molecule is CCCCCCOc1ccc(CN2C(=O)C3(OCCO3)c3c(Cl)ccc(Cl)c32)cc1. The normalized spacial score (nSPS) is 17.0. The van der Waals surface area contributed by atoms with Crippen molar-refractivity contribution < 1.29 is 19.0 Å². The minimum Gasteiger partial charge on any atom is -0.494 e. The number of rotatable bonds is 8. The minimum absolute atomic E-state index is 0.304. The highest BCUT2D eigenvalue weighted by atomic mass is 35.5. The molecule has 2 aliphatic rings. The first-order chi connectivity index (χ1) is 14.6. The second-order valence-corrected chi connectivity index (χ2v) is 8.33. The lowest BCUT2D eigenvalue weighted by Crippen LogP contribution is -2.41. The summed E-state index contributed by atoms with van der Waals surface area (Å²) >= 11 is 12.9. The van der Waals surface area contributed by atoms with Crippen molar-refractivity contribution in [2.45, 2.75) is 44.9 Å². The molecule has 0 bridgehead atoms. The molecule has 0 saturated carbocycles. The van der Waals surface area contributed by atoms with Crippen LogP contribution in [0, 0.1) is 0 Å². The number of benzene rings is 2. The Balaban J connectivity index is 1.51. The van der Waals surface area contributed by atoms with E-state index in [9.17, 15) is 4.79 Å². The van der Waals surface area contributed by atoms with Crippen LogP contribution in [0.5, 0.6) is 5.75 Å². The lowest BCUT2D eigenvalue weighted by molar-refractivity contribution is -0.180. The molecular formula is C23H25Cl2NO4. The Morgan fingerprint density at radius 1 is 1.00 bits per heavy atom. The Bertz CT molecular complexity index is 910. The fourth-order valence-electron chi connectivity index (χ4n) is 3.93. The highest BCUT2D eigenvalue weighted by Gasteiger charge is 2.57. The molecule has 1 saturated heterocycles. The third-order valence-electron chi connectivity index (χ3n) is 5.43. The summed E-state index contributed by atoms with van der Waals surface area (Å²) in [6.07, 6.45) is 4.67. The Hall–Kier alpha value is -1.79. The maximum absolute atomic E-state index is 13.3. The molecule has 0 atom stereocenters. The summed E-state index contributed by atoms with van der Waals surface area (Å²) < 4.78 is 17.3. The van der Waals surface area contributed by atoms with Gasteiger partial charge in [-0.05, 0) is 36.2 Å². The van der Waals surface area contributed by atoms with Gasteiger partial charge < -0.3 is 19.1 Å². The summed E-state index contributed by atoms with van der Waals surface area (Å²) in [5.41, 5.74) is 1.98. The van der Waals surface area contributed by atoms with E-state index >= 15 is 0 Å². The number of hydrogen-bond acceptors (Lipinski definition) is 4. The monoisotopic (exact) mass is 449 g/mol. The molecular weight excluding hydrogens is 425 g/mol. The van der Waals surface area contributed by atoms with Gasteiger partial charge in [0, 0.05) is 0 Å². The second kappa shape index (κ2) is 9.15. The number of carbonyl (C=O) groups is 1. The summed E-state index contributed by atoms with van der Waals surface area (Å²) in [5, 5.41) is 0.838. The molecule has 160 valence electrons. The van der Waals surface area contributed by atoms with E-state index in [1.807, 2.05) is 24.3 Å².